The lowest BCUT2D eigenvalue weighted by Crippen LogP contribution is -2.74. The fourth-order valence-corrected chi connectivity index (χ4v) is 17.4. The van der Waals surface area contributed by atoms with Gasteiger partial charge in [0.2, 0.25) is 0 Å². The Hall–Kier alpha value is -8.56. The highest BCUT2D eigenvalue weighted by Gasteiger charge is 2.41. The number of fused-ring (bicyclic) bond motifs is 10. The van der Waals surface area contributed by atoms with Crippen LogP contribution >= 0.6 is 0 Å². The van der Waals surface area contributed by atoms with Gasteiger partial charge in [0.1, 0.15) is 11.2 Å². The van der Waals surface area contributed by atoms with Gasteiger partial charge >= 0.3 is 0 Å². The Labute approximate surface area is 415 Å². The predicted octanol–water partition coefficient (Wildman–Crippen LogP) is 15.7. The van der Waals surface area contributed by atoms with Crippen LogP contribution in [0.2, 0.25) is 0 Å². The number of rotatable bonds is 7. The van der Waals surface area contributed by atoms with Crippen LogP contribution in [0.4, 0.5) is 0 Å². The van der Waals surface area contributed by atoms with E-state index in [9.17, 15) is 0 Å². The molecular formula is C69H48OSi. The summed E-state index contributed by atoms with van der Waals surface area (Å²) in [5, 5.41) is 15.2. The highest BCUT2D eigenvalue weighted by molar-refractivity contribution is 7.19. The van der Waals surface area contributed by atoms with Crippen LogP contribution in [0.25, 0.3) is 98.8 Å². The van der Waals surface area contributed by atoms with E-state index in [1.165, 1.54) is 97.6 Å². The number of benzene rings is 12. The first-order chi connectivity index (χ1) is 35.0. The first kappa shape index (κ1) is 41.4. The van der Waals surface area contributed by atoms with Crippen molar-refractivity contribution >= 4 is 83.1 Å². The Balaban J connectivity index is 0.981. The van der Waals surface area contributed by atoms with Gasteiger partial charge in [-0.3, -0.25) is 0 Å². The summed E-state index contributed by atoms with van der Waals surface area (Å²) in [5.41, 5.74) is 14.2. The summed E-state index contributed by atoms with van der Waals surface area (Å²) in [6.07, 6.45) is 0. The lowest BCUT2D eigenvalue weighted by molar-refractivity contribution is 0.666. The van der Waals surface area contributed by atoms with Crippen molar-refractivity contribution in [3.8, 4) is 44.5 Å². The molecule has 0 atom stereocenters. The fourth-order valence-electron chi connectivity index (χ4n) is 12.6. The van der Waals surface area contributed by atoms with Crippen LogP contribution in [0.3, 0.4) is 0 Å². The summed E-state index contributed by atoms with van der Waals surface area (Å²) in [7, 11) is -2.71. The molecule has 0 unspecified atom stereocenters. The van der Waals surface area contributed by atoms with Crippen molar-refractivity contribution in [1.29, 1.82) is 0 Å². The van der Waals surface area contributed by atoms with E-state index in [0.29, 0.717) is 0 Å². The third-order valence-corrected chi connectivity index (χ3v) is 20.6. The zero-order chi connectivity index (χ0) is 47.3. The van der Waals surface area contributed by atoms with Crippen molar-refractivity contribution < 1.29 is 4.42 Å². The second-order valence-corrected chi connectivity index (χ2v) is 23.7. The average molecular weight is 921 g/mol. The normalized spacial score (nSPS) is 13.0. The van der Waals surface area contributed by atoms with Gasteiger partial charge in [0.05, 0.1) is 0 Å². The molecule has 0 N–H and O–H groups in total. The second-order valence-electron chi connectivity index (χ2n) is 19.9. The number of hydrogen-bond acceptors (Lipinski definition) is 1. The quantitative estimate of drug-likeness (QED) is 0.0882. The predicted molar refractivity (Wildman–Crippen MR) is 304 cm³/mol. The molecule has 1 aliphatic rings. The van der Waals surface area contributed by atoms with Crippen LogP contribution < -0.4 is 20.7 Å². The molecule has 1 heterocycles. The van der Waals surface area contributed by atoms with Gasteiger partial charge in [0.15, 0.2) is 8.07 Å². The molecule has 14 rings (SSSR count). The molecule has 1 nitrogen and oxygen atoms in total. The van der Waals surface area contributed by atoms with E-state index in [4.69, 9.17) is 4.42 Å². The first-order valence-electron chi connectivity index (χ1n) is 24.8. The molecule has 71 heavy (non-hydrogen) atoms. The summed E-state index contributed by atoms with van der Waals surface area (Å²) in [6, 6.07) is 95.0. The number of para-hydroxylation sites is 1. The molecule has 2 heteroatoms. The Morgan fingerprint density at radius 2 is 0.803 bits per heavy atom. The minimum atomic E-state index is -2.71. The molecule has 13 aromatic rings. The molecule has 0 spiro atoms. The zero-order valence-electron chi connectivity index (χ0n) is 39.7. The van der Waals surface area contributed by atoms with Gasteiger partial charge in [-0.1, -0.05) is 244 Å². The molecule has 1 aromatic heterocycles. The first-order valence-corrected chi connectivity index (χ1v) is 26.8. The van der Waals surface area contributed by atoms with E-state index >= 15 is 0 Å². The number of furan rings is 1. The molecule has 0 amide bonds. The van der Waals surface area contributed by atoms with Crippen molar-refractivity contribution in [2.24, 2.45) is 0 Å². The SMILES string of the molecule is CC1(C)c2cc(-c3c4ccccc4c(-c4cc(-c5ccc([Si](c6ccccc6)(c6ccccc6)c6ccccc6)cc5)cc5c4oc4ccccc45)c4ccccc34)ccc2-c2ccc3ccccc3c21. The van der Waals surface area contributed by atoms with E-state index in [0.717, 1.165) is 33.1 Å². The smallest absolute Gasteiger partial charge is 0.179 e. The van der Waals surface area contributed by atoms with E-state index in [1.807, 2.05) is 0 Å². The summed E-state index contributed by atoms with van der Waals surface area (Å²) >= 11 is 0. The maximum Gasteiger partial charge on any atom is 0.179 e. The van der Waals surface area contributed by atoms with Crippen molar-refractivity contribution in [3.63, 3.8) is 0 Å². The minimum Gasteiger partial charge on any atom is -0.455 e. The van der Waals surface area contributed by atoms with Gasteiger partial charge in [-0.05, 0) is 122 Å². The highest BCUT2D eigenvalue weighted by Crippen LogP contribution is 2.54. The lowest BCUT2D eigenvalue weighted by atomic mass is 9.79. The van der Waals surface area contributed by atoms with Gasteiger partial charge in [0, 0.05) is 27.3 Å². The van der Waals surface area contributed by atoms with Gasteiger partial charge in [-0.25, -0.2) is 0 Å². The topological polar surface area (TPSA) is 13.1 Å². The molecule has 12 aromatic carbocycles. The standard InChI is InChI=1S/C69H48OSi/c1-69(2)63-44-47(37-40-54(63)60-41-36-46-20-12-13-27-53(46)67(60)69)65-56-29-14-16-31-58(56)66(59-32-17-15-30-57(59)65)62-43-48(42-61-55-28-18-19-33-64(55)70-68(61)62)45-34-38-52(39-35-45)71(49-21-6-3-7-22-49,50-23-8-4-9-24-50)51-25-10-5-11-26-51/h3-44H,1-2H3. The number of hydrogen-bond donors (Lipinski definition) is 0. The Kier molecular flexibility index (Phi) is 9.33. The highest BCUT2D eigenvalue weighted by atomic mass is 28.3. The van der Waals surface area contributed by atoms with E-state index in [1.54, 1.807) is 0 Å². The van der Waals surface area contributed by atoms with Crippen LogP contribution in [0.15, 0.2) is 259 Å². The Morgan fingerprint density at radius 3 is 1.41 bits per heavy atom. The van der Waals surface area contributed by atoms with Crippen molar-refractivity contribution in [1.82, 2.24) is 0 Å². The van der Waals surface area contributed by atoms with Gasteiger partial charge in [0.25, 0.3) is 0 Å². The summed E-state index contributed by atoms with van der Waals surface area (Å²) < 4.78 is 6.99. The summed E-state index contributed by atoms with van der Waals surface area (Å²) in [4.78, 5) is 0. The van der Waals surface area contributed by atoms with E-state index in [2.05, 4.69) is 269 Å². The van der Waals surface area contributed by atoms with Crippen LogP contribution in [0, 0.1) is 0 Å². The molecule has 0 radical (unpaired) electrons. The molecule has 0 fully saturated rings. The Bertz CT molecular complexity index is 4070. The molecule has 0 saturated carbocycles. The maximum absolute atomic E-state index is 6.99. The molecule has 0 aliphatic heterocycles. The zero-order valence-corrected chi connectivity index (χ0v) is 40.7. The molecule has 0 bridgehead atoms. The molecule has 1 aliphatic carbocycles. The van der Waals surface area contributed by atoms with Crippen LogP contribution in [0.1, 0.15) is 25.0 Å². The van der Waals surface area contributed by atoms with Gasteiger partial charge in [-0.15, -0.1) is 0 Å². The van der Waals surface area contributed by atoms with Crippen molar-refractivity contribution in [2.75, 3.05) is 0 Å². The summed E-state index contributed by atoms with van der Waals surface area (Å²) in [5.74, 6) is 0. The second kappa shape index (κ2) is 16.0. The maximum atomic E-state index is 6.99. The van der Waals surface area contributed by atoms with E-state index in [-0.39, 0.29) is 5.41 Å². The van der Waals surface area contributed by atoms with Crippen LogP contribution in [-0.4, -0.2) is 8.07 Å². The minimum absolute atomic E-state index is 0.174. The molecule has 334 valence electrons. The van der Waals surface area contributed by atoms with E-state index < -0.39 is 8.07 Å². The lowest BCUT2D eigenvalue weighted by Gasteiger charge is -2.34. The fraction of sp³-hybridized carbons (Fsp3) is 0.0435. The molecular weight excluding hydrogens is 873 g/mol. The molecule has 0 saturated heterocycles. The average Bonchev–Trinajstić information content (AvgIpc) is 3.92. The monoisotopic (exact) mass is 920 g/mol. The van der Waals surface area contributed by atoms with Gasteiger partial charge in [-0.2, -0.15) is 0 Å². The van der Waals surface area contributed by atoms with Crippen LogP contribution in [0.5, 0.6) is 0 Å². The Morgan fingerprint density at radius 1 is 0.324 bits per heavy atom. The van der Waals surface area contributed by atoms with Crippen molar-refractivity contribution in [2.45, 2.75) is 19.3 Å². The third kappa shape index (κ3) is 6.18. The summed E-state index contributed by atoms with van der Waals surface area (Å²) in [6.45, 7) is 4.81. The third-order valence-electron chi connectivity index (χ3n) is 15.8. The largest absolute Gasteiger partial charge is 0.455 e. The van der Waals surface area contributed by atoms with Crippen LogP contribution in [-0.2, 0) is 5.41 Å². The van der Waals surface area contributed by atoms with Crippen molar-refractivity contribution in [3.05, 3.63) is 266 Å². The van der Waals surface area contributed by atoms with Gasteiger partial charge < -0.3 is 4.42 Å².